The van der Waals surface area contributed by atoms with Gasteiger partial charge in [0.05, 0.1) is 12.4 Å². The summed E-state index contributed by atoms with van der Waals surface area (Å²) in [6.45, 7) is 9.58. The molecule has 164 valence electrons. The molecular formula is C24H30N4O2S. The second-order valence-electron chi connectivity index (χ2n) is 7.00. The van der Waals surface area contributed by atoms with Gasteiger partial charge in [-0.3, -0.25) is 4.79 Å². The number of hydrogen-bond acceptors (Lipinski definition) is 5. The van der Waals surface area contributed by atoms with Gasteiger partial charge in [-0.05, 0) is 62.1 Å². The van der Waals surface area contributed by atoms with Crippen molar-refractivity contribution in [3.05, 3.63) is 53.6 Å². The van der Waals surface area contributed by atoms with Crippen LogP contribution in [0.4, 0.5) is 5.69 Å². The van der Waals surface area contributed by atoms with Crippen LogP contribution >= 0.6 is 11.8 Å². The number of carbonyl (C=O) groups excluding carboxylic acids is 1. The van der Waals surface area contributed by atoms with Gasteiger partial charge in [0, 0.05) is 17.8 Å². The smallest absolute Gasteiger partial charge is 0.234 e. The van der Waals surface area contributed by atoms with Gasteiger partial charge in [0.15, 0.2) is 11.0 Å². The molecule has 2 aromatic carbocycles. The molecule has 6 nitrogen and oxygen atoms in total. The lowest BCUT2D eigenvalue weighted by Crippen LogP contribution is -2.17. The highest BCUT2D eigenvalue weighted by atomic mass is 32.2. The number of aryl methyl sites for hydroxylation is 2. The molecule has 1 N–H and O–H groups in total. The Morgan fingerprint density at radius 3 is 2.26 bits per heavy atom. The molecule has 0 radical (unpaired) electrons. The van der Waals surface area contributed by atoms with Crippen LogP contribution in [-0.4, -0.2) is 33.0 Å². The number of hydrogen-bond donors (Lipinski definition) is 1. The van der Waals surface area contributed by atoms with Crippen molar-refractivity contribution in [2.75, 3.05) is 17.7 Å². The summed E-state index contributed by atoms with van der Waals surface area (Å²) >= 11 is 1.41. The van der Waals surface area contributed by atoms with E-state index >= 15 is 0 Å². The number of thioether (sulfide) groups is 1. The Bertz CT molecular complexity index is 993. The van der Waals surface area contributed by atoms with E-state index in [9.17, 15) is 4.79 Å². The van der Waals surface area contributed by atoms with Gasteiger partial charge in [-0.15, -0.1) is 10.2 Å². The molecular weight excluding hydrogens is 408 g/mol. The van der Waals surface area contributed by atoms with E-state index in [1.165, 1.54) is 11.8 Å². The summed E-state index contributed by atoms with van der Waals surface area (Å²) in [5.74, 6) is 1.87. The summed E-state index contributed by atoms with van der Waals surface area (Å²) in [6.07, 6.45) is 1.76. The molecule has 3 aromatic rings. The molecule has 0 fully saturated rings. The third-order valence-electron chi connectivity index (χ3n) is 5.05. The highest BCUT2D eigenvalue weighted by molar-refractivity contribution is 7.99. The van der Waals surface area contributed by atoms with Crippen LogP contribution in [0.15, 0.2) is 47.6 Å². The number of carbonyl (C=O) groups is 1. The van der Waals surface area contributed by atoms with Crippen LogP contribution in [0.5, 0.6) is 5.75 Å². The van der Waals surface area contributed by atoms with Crippen molar-refractivity contribution in [1.29, 1.82) is 0 Å². The molecule has 0 saturated carbocycles. The van der Waals surface area contributed by atoms with Crippen molar-refractivity contribution in [3.8, 4) is 17.1 Å². The Morgan fingerprint density at radius 1 is 1.00 bits per heavy atom. The lowest BCUT2D eigenvalue weighted by Gasteiger charge is -2.14. The number of amides is 1. The van der Waals surface area contributed by atoms with E-state index in [4.69, 9.17) is 4.74 Å². The molecule has 0 aliphatic heterocycles. The largest absolute Gasteiger partial charge is 0.494 e. The van der Waals surface area contributed by atoms with Crippen LogP contribution in [0.2, 0.25) is 0 Å². The van der Waals surface area contributed by atoms with Crippen LogP contribution in [-0.2, 0) is 24.2 Å². The quantitative estimate of drug-likeness (QED) is 0.440. The molecule has 3 rings (SSSR count). The molecule has 0 atom stereocenters. The highest BCUT2D eigenvalue weighted by Gasteiger charge is 2.16. The van der Waals surface area contributed by atoms with Gasteiger partial charge in [-0.25, -0.2) is 0 Å². The van der Waals surface area contributed by atoms with Crippen molar-refractivity contribution in [1.82, 2.24) is 14.8 Å². The Labute approximate surface area is 188 Å². The van der Waals surface area contributed by atoms with E-state index in [1.54, 1.807) is 0 Å². The molecule has 1 heterocycles. The summed E-state index contributed by atoms with van der Waals surface area (Å²) in [4.78, 5) is 12.7. The Balaban J connectivity index is 1.71. The molecule has 31 heavy (non-hydrogen) atoms. The highest BCUT2D eigenvalue weighted by Crippen LogP contribution is 2.27. The second kappa shape index (κ2) is 11.0. The standard InChI is InChI=1S/C24H30N4O2S/c1-5-17-10-9-11-18(6-2)22(17)25-21(29)16-31-24-27-26-23(28(24)7-3)19-12-14-20(15-13-19)30-8-4/h9-15H,5-8,16H2,1-4H3,(H,25,29). The fourth-order valence-corrected chi connectivity index (χ4v) is 4.27. The fraction of sp³-hybridized carbons (Fsp3) is 0.375. The van der Waals surface area contributed by atoms with Crippen molar-refractivity contribution < 1.29 is 9.53 Å². The maximum absolute atomic E-state index is 12.7. The summed E-state index contributed by atoms with van der Waals surface area (Å²) in [7, 11) is 0. The predicted molar refractivity (Wildman–Crippen MR) is 127 cm³/mol. The van der Waals surface area contributed by atoms with Gasteiger partial charge in [0.1, 0.15) is 5.75 Å². The first-order chi connectivity index (χ1) is 15.1. The molecule has 1 amide bonds. The summed E-state index contributed by atoms with van der Waals surface area (Å²) < 4.78 is 7.55. The topological polar surface area (TPSA) is 69.0 Å². The number of ether oxygens (including phenoxy) is 1. The van der Waals surface area contributed by atoms with Gasteiger partial charge in [0.2, 0.25) is 5.91 Å². The van der Waals surface area contributed by atoms with E-state index < -0.39 is 0 Å². The van der Waals surface area contributed by atoms with Crippen LogP contribution < -0.4 is 10.1 Å². The summed E-state index contributed by atoms with van der Waals surface area (Å²) in [6, 6.07) is 14.0. The summed E-state index contributed by atoms with van der Waals surface area (Å²) in [5, 5.41) is 12.6. The average molecular weight is 439 g/mol. The van der Waals surface area contributed by atoms with E-state index in [1.807, 2.05) is 41.8 Å². The van der Waals surface area contributed by atoms with Crippen molar-refractivity contribution in [3.63, 3.8) is 0 Å². The molecule has 0 aliphatic carbocycles. The minimum atomic E-state index is -0.0335. The Kier molecular flexibility index (Phi) is 8.12. The van der Waals surface area contributed by atoms with Crippen LogP contribution in [0.25, 0.3) is 11.4 Å². The number of para-hydroxylation sites is 1. The first-order valence-corrected chi connectivity index (χ1v) is 11.8. The number of aromatic nitrogens is 3. The predicted octanol–water partition coefficient (Wildman–Crippen LogP) is 5.22. The van der Waals surface area contributed by atoms with E-state index in [0.717, 1.165) is 58.5 Å². The zero-order chi connectivity index (χ0) is 22.2. The van der Waals surface area contributed by atoms with Crippen molar-refractivity contribution >= 4 is 23.4 Å². The zero-order valence-corrected chi connectivity index (χ0v) is 19.5. The molecule has 0 spiro atoms. The fourth-order valence-electron chi connectivity index (χ4n) is 3.47. The molecule has 0 bridgehead atoms. The van der Waals surface area contributed by atoms with Crippen LogP contribution in [0.1, 0.15) is 38.8 Å². The van der Waals surface area contributed by atoms with Gasteiger partial charge >= 0.3 is 0 Å². The number of nitrogens with zero attached hydrogens (tertiary/aromatic N) is 3. The minimum absolute atomic E-state index is 0.0335. The van der Waals surface area contributed by atoms with Crippen molar-refractivity contribution in [2.24, 2.45) is 0 Å². The van der Waals surface area contributed by atoms with Crippen LogP contribution in [0, 0.1) is 0 Å². The first-order valence-electron chi connectivity index (χ1n) is 10.8. The second-order valence-corrected chi connectivity index (χ2v) is 7.95. The van der Waals surface area contributed by atoms with E-state index in [-0.39, 0.29) is 11.7 Å². The molecule has 7 heteroatoms. The van der Waals surface area contributed by atoms with Gasteiger partial charge in [0.25, 0.3) is 0 Å². The third kappa shape index (κ3) is 5.47. The Hall–Kier alpha value is -2.80. The van der Waals surface area contributed by atoms with Crippen LogP contribution in [0.3, 0.4) is 0 Å². The molecule has 0 unspecified atom stereocenters. The maximum atomic E-state index is 12.7. The van der Waals surface area contributed by atoms with Gasteiger partial charge in [-0.2, -0.15) is 0 Å². The Morgan fingerprint density at radius 2 is 1.68 bits per heavy atom. The van der Waals surface area contributed by atoms with Gasteiger partial charge < -0.3 is 14.6 Å². The summed E-state index contributed by atoms with van der Waals surface area (Å²) in [5.41, 5.74) is 4.24. The molecule has 0 saturated heterocycles. The van der Waals surface area contributed by atoms with Gasteiger partial charge in [-0.1, -0.05) is 43.8 Å². The number of anilines is 1. The maximum Gasteiger partial charge on any atom is 0.234 e. The number of nitrogens with one attached hydrogen (secondary N) is 1. The zero-order valence-electron chi connectivity index (χ0n) is 18.6. The number of rotatable bonds is 10. The molecule has 0 aliphatic rings. The molecule has 1 aromatic heterocycles. The average Bonchev–Trinajstić information content (AvgIpc) is 3.21. The SMILES string of the molecule is CCOc1ccc(-c2nnc(SCC(=O)Nc3c(CC)cccc3CC)n2CC)cc1. The lowest BCUT2D eigenvalue weighted by atomic mass is 10.0. The monoisotopic (exact) mass is 438 g/mol. The van der Waals surface area contributed by atoms with E-state index in [0.29, 0.717) is 6.61 Å². The minimum Gasteiger partial charge on any atom is -0.494 e. The lowest BCUT2D eigenvalue weighted by molar-refractivity contribution is -0.113. The number of benzene rings is 2. The first kappa shape index (κ1) is 22.9. The van der Waals surface area contributed by atoms with Crippen molar-refractivity contribution in [2.45, 2.75) is 52.2 Å². The van der Waals surface area contributed by atoms with E-state index in [2.05, 4.69) is 48.4 Å². The normalized spacial score (nSPS) is 10.8. The third-order valence-corrected chi connectivity index (χ3v) is 6.02.